The minimum Gasteiger partial charge on any atom is -0.455 e. The van der Waals surface area contributed by atoms with Crippen LogP contribution in [0.3, 0.4) is 0 Å². The molecule has 6 nitrogen and oxygen atoms in total. The van der Waals surface area contributed by atoms with E-state index in [0.29, 0.717) is 5.56 Å². The standard InChI is InChI=1S/C25H30N2O4/c1-18-10-9-11-19(2)27(18)23(28)17-31-24(29)16-22(20-12-5-3-6-13-20)26-25(30)21-14-7-4-8-15-21/h3-8,12-15,18-19,22H,9-11,16-17H2,1-2H3,(H,26,30). The van der Waals surface area contributed by atoms with Crippen LogP contribution in [0.5, 0.6) is 0 Å². The summed E-state index contributed by atoms with van der Waals surface area (Å²) >= 11 is 0. The lowest BCUT2D eigenvalue weighted by molar-refractivity contribution is -0.155. The largest absolute Gasteiger partial charge is 0.455 e. The average Bonchev–Trinajstić information content (AvgIpc) is 2.78. The first-order valence-electron chi connectivity index (χ1n) is 10.8. The molecule has 3 rings (SSSR count). The number of rotatable bonds is 7. The number of amides is 2. The summed E-state index contributed by atoms with van der Waals surface area (Å²) in [5.41, 5.74) is 1.31. The summed E-state index contributed by atoms with van der Waals surface area (Å²) in [4.78, 5) is 39.6. The minimum absolute atomic E-state index is 0.0546. The molecule has 3 atom stereocenters. The third-order valence-corrected chi connectivity index (χ3v) is 5.75. The number of nitrogens with one attached hydrogen (secondary N) is 1. The lowest BCUT2D eigenvalue weighted by Crippen LogP contribution is -2.49. The maximum absolute atomic E-state index is 12.6. The van der Waals surface area contributed by atoms with Crippen LogP contribution in [-0.4, -0.2) is 41.4 Å². The molecule has 1 fully saturated rings. The summed E-state index contributed by atoms with van der Waals surface area (Å²) in [5.74, 6) is -0.959. The first-order chi connectivity index (χ1) is 15.0. The molecule has 3 unspecified atom stereocenters. The molecule has 2 aromatic carbocycles. The highest BCUT2D eigenvalue weighted by Gasteiger charge is 2.29. The number of piperidine rings is 1. The van der Waals surface area contributed by atoms with E-state index in [0.717, 1.165) is 24.8 Å². The van der Waals surface area contributed by atoms with E-state index in [-0.39, 0.29) is 36.9 Å². The van der Waals surface area contributed by atoms with E-state index >= 15 is 0 Å². The molecule has 0 aliphatic carbocycles. The normalized spacial score (nSPS) is 19.4. The van der Waals surface area contributed by atoms with Gasteiger partial charge in [-0.2, -0.15) is 0 Å². The van der Waals surface area contributed by atoms with Crippen molar-refractivity contribution < 1.29 is 19.1 Å². The smallest absolute Gasteiger partial charge is 0.308 e. The Kier molecular flexibility index (Phi) is 7.82. The Balaban J connectivity index is 1.62. The first kappa shape index (κ1) is 22.5. The highest BCUT2D eigenvalue weighted by Crippen LogP contribution is 2.23. The predicted octanol–water partition coefficient (Wildman–Crippen LogP) is 3.88. The summed E-state index contributed by atoms with van der Waals surface area (Å²) in [7, 11) is 0. The van der Waals surface area contributed by atoms with Gasteiger partial charge in [0.15, 0.2) is 6.61 Å². The van der Waals surface area contributed by atoms with Crippen molar-refractivity contribution in [3.8, 4) is 0 Å². The van der Waals surface area contributed by atoms with E-state index < -0.39 is 12.0 Å². The molecular formula is C25H30N2O4. The van der Waals surface area contributed by atoms with Crippen LogP contribution in [-0.2, 0) is 14.3 Å². The molecule has 0 spiro atoms. The fourth-order valence-electron chi connectivity index (χ4n) is 4.12. The molecule has 0 aromatic heterocycles. The molecule has 0 radical (unpaired) electrons. The van der Waals surface area contributed by atoms with Crippen molar-refractivity contribution in [3.05, 3.63) is 71.8 Å². The summed E-state index contributed by atoms with van der Waals surface area (Å²) in [6.45, 7) is 3.78. The van der Waals surface area contributed by atoms with Gasteiger partial charge in [-0.3, -0.25) is 14.4 Å². The second kappa shape index (κ2) is 10.8. The number of benzene rings is 2. The number of esters is 1. The molecular weight excluding hydrogens is 392 g/mol. The molecule has 1 aliphatic heterocycles. The second-order valence-electron chi connectivity index (χ2n) is 8.10. The molecule has 6 heteroatoms. The number of carbonyl (C=O) groups excluding carboxylic acids is 3. The molecule has 164 valence electrons. The van der Waals surface area contributed by atoms with Crippen LogP contribution in [0.4, 0.5) is 0 Å². The highest BCUT2D eigenvalue weighted by molar-refractivity contribution is 5.94. The third kappa shape index (κ3) is 6.17. The summed E-state index contributed by atoms with van der Waals surface area (Å²) in [5, 5.41) is 2.91. The van der Waals surface area contributed by atoms with Crippen LogP contribution in [0.1, 0.15) is 61.5 Å². The monoisotopic (exact) mass is 422 g/mol. The molecule has 2 amide bonds. The van der Waals surface area contributed by atoms with Gasteiger partial charge in [0.1, 0.15) is 0 Å². The van der Waals surface area contributed by atoms with Crippen molar-refractivity contribution in [2.75, 3.05) is 6.61 Å². The Bertz CT molecular complexity index is 875. The zero-order valence-electron chi connectivity index (χ0n) is 18.1. The van der Waals surface area contributed by atoms with Crippen molar-refractivity contribution in [1.29, 1.82) is 0 Å². The van der Waals surface area contributed by atoms with Gasteiger partial charge in [0, 0.05) is 17.6 Å². The SMILES string of the molecule is CC1CCCC(C)N1C(=O)COC(=O)CC(NC(=O)c1ccccc1)c1ccccc1. The summed E-state index contributed by atoms with van der Waals surface area (Å²) < 4.78 is 5.31. The fourth-order valence-corrected chi connectivity index (χ4v) is 4.12. The summed E-state index contributed by atoms with van der Waals surface area (Å²) in [6.07, 6.45) is 2.98. The average molecular weight is 423 g/mol. The number of ether oxygens (including phenoxy) is 1. The van der Waals surface area contributed by atoms with E-state index in [1.807, 2.05) is 55.1 Å². The lowest BCUT2D eigenvalue weighted by Gasteiger charge is -2.38. The van der Waals surface area contributed by atoms with Crippen LogP contribution in [0.15, 0.2) is 60.7 Å². The Morgan fingerprint density at radius 1 is 0.968 bits per heavy atom. The molecule has 1 aliphatic rings. The van der Waals surface area contributed by atoms with Crippen LogP contribution < -0.4 is 5.32 Å². The number of hydrogen-bond donors (Lipinski definition) is 1. The Labute approximate surface area is 183 Å². The van der Waals surface area contributed by atoms with Crippen molar-refractivity contribution in [2.24, 2.45) is 0 Å². The second-order valence-corrected chi connectivity index (χ2v) is 8.10. The van der Waals surface area contributed by atoms with Crippen LogP contribution >= 0.6 is 0 Å². The van der Waals surface area contributed by atoms with E-state index in [1.165, 1.54) is 0 Å². The Hall–Kier alpha value is -3.15. The van der Waals surface area contributed by atoms with Gasteiger partial charge in [-0.25, -0.2) is 0 Å². The van der Waals surface area contributed by atoms with Crippen molar-refractivity contribution >= 4 is 17.8 Å². The van der Waals surface area contributed by atoms with Gasteiger partial charge in [-0.1, -0.05) is 48.5 Å². The van der Waals surface area contributed by atoms with Gasteiger partial charge in [-0.15, -0.1) is 0 Å². The highest BCUT2D eigenvalue weighted by atomic mass is 16.5. The fraction of sp³-hybridized carbons (Fsp3) is 0.400. The van der Waals surface area contributed by atoms with Crippen molar-refractivity contribution in [2.45, 2.75) is 57.7 Å². The van der Waals surface area contributed by atoms with Crippen LogP contribution in [0.25, 0.3) is 0 Å². The van der Waals surface area contributed by atoms with E-state index in [1.54, 1.807) is 24.3 Å². The Morgan fingerprint density at radius 2 is 1.55 bits per heavy atom. The molecule has 1 heterocycles. The van der Waals surface area contributed by atoms with Crippen molar-refractivity contribution in [3.63, 3.8) is 0 Å². The third-order valence-electron chi connectivity index (χ3n) is 5.75. The quantitative estimate of drug-likeness (QED) is 0.687. The zero-order valence-corrected chi connectivity index (χ0v) is 18.1. The molecule has 1 saturated heterocycles. The molecule has 31 heavy (non-hydrogen) atoms. The maximum atomic E-state index is 12.6. The van der Waals surface area contributed by atoms with E-state index in [9.17, 15) is 14.4 Å². The van der Waals surface area contributed by atoms with Gasteiger partial charge in [-0.05, 0) is 50.8 Å². The molecule has 0 saturated carbocycles. The molecule has 0 bridgehead atoms. The van der Waals surface area contributed by atoms with Gasteiger partial charge < -0.3 is 15.0 Å². The van der Waals surface area contributed by atoms with Crippen LogP contribution in [0, 0.1) is 0 Å². The summed E-state index contributed by atoms with van der Waals surface area (Å²) in [6, 6.07) is 17.9. The maximum Gasteiger partial charge on any atom is 0.308 e. The lowest BCUT2D eigenvalue weighted by atomic mass is 9.97. The number of carbonyl (C=O) groups is 3. The molecule has 1 N–H and O–H groups in total. The van der Waals surface area contributed by atoms with E-state index in [4.69, 9.17) is 4.74 Å². The van der Waals surface area contributed by atoms with Gasteiger partial charge in [0.2, 0.25) is 0 Å². The topological polar surface area (TPSA) is 75.7 Å². The van der Waals surface area contributed by atoms with Gasteiger partial charge >= 0.3 is 5.97 Å². The van der Waals surface area contributed by atoms with E-state index in [2.05, 4.69) is 5.32 Å². The zero-order chi connectivity index (χ0) is 22.2. The number of hydrogen-bond acceptors (Lipinski definition) is 4. The number of nitrogens with zero attached hydrogens (tertiary/aromatic N) is 1. The van der Waals surface area contributed by atoms with Gasteiger partial charge in [0.25, 0.3) is 11.8 Å². The minimum atomic E-state index is -0.552. The molecule has 2 aromatic rings. The van der Waals surface area contributed by atoms with Gasteiger partial charge in [0.05, 0.1) is 12.5 Å². The first-order valence-corrected chi connectivity index (χ1v) is 10.8. The van der Waals surface area contributed by atoms with Crippen molar-refractivity contribution in [1.82, 2.24) is 10.2 Å². The predicted molar refractivity (Wildman–Crippen MR) is 118 cm³/mol. The number of likely N-dealkylation sites (tertiary alicyclic amines) is 1. The van der Waals surface area contributed by atoms with Crippen LogP contribution in [0.2, 0.25) is 0 Å². The Morgan fingerprint density at radius 3 is 2.16 bits per heavy atom.